The van der Waals surface area contributed by atoms with Gasteiger partial charge in [0.1, 0.15) is 0 Å². The van der Waals surface area contributed by atoms with Gasteiger partial charge in [0.05, 0.1) is 15.9 Å². The maximum absolute atomic E-state index is 4.72. The summed E-state index contributed by atoms with van der Waals surface area (Å²) in [6.45, 7) is 15.3. The van der Waals surface area contributed by atoms with Crippen molar-refractivity contribution in [2.75, 3.05) is 13.1 Å². The third kappa shape index (κ3) is 3.51. The summed E-state index contributed by atoms with van der Waals surface area (Å²) in [5.74, 6) is 0. The van der Waals surface area contributed by atoms with Gasteiger partial charge in [-0.2, -0.15) is 5.10 Å². The lowest BCUT2D eigenvalue weighted by atomic mass is 9.93. The number of aromatic nitrogens is 2. The molecule has 0 spiro atoms. The minimum absolute atomic E-state index is 0.226. The number of aryl methyl sites for hydroxylation is 2. The van der Waals surface area contributed by atoms with Gasteiger partial charge in [-0.25, -0.2) is 0 Å². The highest BCUT2D eigenvalue weighted by atomic mass is 79.9. The van der Waals surface area contributed by atoms with E-state index in [2.05, 4.69) is 65.4 Å². The molecule has 0 radical (unpaired) electrons. The average Bonchev–Trinajstić information content (AvgIpc) is 2.79. The van der Waals surface area contributed by atoms with E-state index in [0.29, 0.717) is 6.04 Å². The van der Waals surface area contributed by atoms with Crippen LogP contribution >= 0.6 is 15.9 Å². The summed E-state index contributed by atoms with van der Waals surface area (Å²) < 4.78 is 3.36. The summed E-state index contributed by atoms with van der Waals surface area (Å²) in [5, 5.41) is 8.42. The predicted octanol–water partition coefficient (Wildman–Crippen LogP) is 3.19. The fourth-order valence-electron chi connectivity index (χ4n) is 2.99. The van der Waals surface area contributed by atoms with Gasteiger partial charge < -0.3 is 5.32 Å². The van der Waals surface area contributed by atoms with E-state index in [1.54, 1.807) is 0 Å². The number of nitrogens with one attached hydrogen (secondary N) is 1. The quantitative estimate of drug-likeness (QED) is 0.879. The normalized spacial score (nSPS) is 27.2. The van der Waals surface area contributed by atoms with Crippen molar-refractivity contribution in [3.8, 4) is 0 Å². The minimum Gasteiger partial charge on any atom is -0.309 e. The van der Waals surface area contributed by atoms with Crippen molar-refractivity contribution in [3.63, 3.8) is 0 Å². The first-order valence-electron chi connectivity index (χ1n) is 8.17. The summed E-state index contributed by atoms with van der Waals surface area (Å²) in [5.41, 5.74) is 2.72. The van der Waals surface area contributed by atoms with Crippen molar-refractivity contribution in [2.24, 2.45) is 0 Å². The molecule has 0 bridgehead atoms. The number of halogens is 1. The zero-order valence-electron chi connectivity index (χ0n) is 14.0. The summed E-state index contributed by atoms with van der Waals surface area (Å²) >= 11 is 3.77. The van der Waals surface area contributed by atoms with Crippen molar-refractivity contribution >= 4 is 15.9 Å². The SMILES string of the molecule is CCc1nn(CC)c(CN2CC(C)(CC)NCC2C)c1Br. The molecule has 2 rings (SSSR count). The van der Waals surface area contributed by atoms with E-state index < -0.39 is 0 Å². The second kappa shape index (κ2) is 6.80. The summed E-state index contributed by atoms with van der Waals surface area (Å²) in [6, 6.07) is 0.557. The van der Waals surface area contributed by atoms with E-state index in [0.717, 1.165) is 39.0 Å². The van der Waals surface area contributed by atoms with Gasteiger partial charge >= 0.3 is 0 Å². The van der Waals surface area contributed by atoms with Crippen LogP contribution in [0, 0.1) is 0 Å². The Hall–Kier alpha value is -0.390. The van der Waals surface area contributed by atoms with Crippen molar-refractivity contribution in [3.05, 3.63) is 15.9 Å². The van der Waals surface area contributed by atoms with Crippen LogP contribution in [0.3, 0.4) is 0 Å². The molecule has 120 valence electrons. The molecule has 1 N–H and O–H groups in total. The Morgan fingerprint density at radius 2 is 2.10 bits per heavy atom. The van der Waals surface area contributed by atoms with Crippen LogP contribution in [0.1, 0.15) is 52.4 Å². The van der Waals surface area contributed by atoms with E-state index in [1.165, 1.54) is 15.9 Å². The Morgan fingerprint density at radius 3 is 2.67 bits per heavy atom. The summed E-state index contributed by atoms with van der Waals surface area (Å²) in [4.78, 5) is 2.59. The van der Waals surface area contributed by atoms with Crippen LogP contribution in [0.15, 0.2) is 4.47 Å². The third-order valence-corrected chi connectivity index (χ3v) is 5.74. The second-order valence-electron chi connectivity index (χ2n) is 6.43. The molecule has 2 atom stereocenters. The van der Waals surface area contributed by atoms with Crippen LogP contribution in [0.5, 0.6) is 0 Å². The number of nitrogens with zero attached hydrogens (tertiary/aromatic N) is 3. The number of hydrogen-bond acceptors (Lipinski definition) is 3. The van der Waals surface area contributed by atoms with E-state index in [1.807, 2.05) is 0 Å². The highest BCUT2D eigenvalue weighted by Crippen LogP contribution is 2.27. The van der Waals surface area contributed by atoms with Crippen LogP contribution < -0.4 is 5.32 Å². The first kappa shape index (κ1) is 17.0. The lowest BCUT2D eigenvalue weighted by molar-refractivity contribution is 0.0839. The molecular weight excluding hydrogens is 328 g/mol. The van der Waals surface area contributed by atoms with Crippen LogP contribution in [0.2, 0.25) is 0 Å². The fourth-order valence-corrected chi connectivity index (χ4v) is 3.68. The van der Waals surface area contributed by atoms with E-state index in [-0.39, 0.29) is 5.54 Å². The second-order valence-corrected chi connectivity index (χ2v) is 7.22. The van der Waals surface area contributed by atoms with E-state index >= 15 is 0 Å². The predicted molar refractivity (Wildman–Crippen MR) is 91.5 cm³/mol. The van der Waals surface area contributed by atoms with Crippen LogP contribution in [0.4, 0.5) is 0 Å². The Morgan fingerprint density at radius 1 is 1.38 bits per heavy atom. The average molecular weight is 357 g/mol. The molecule has 1 aromatic rings. The third-order valence-electron chi connectivity index (χ3n) is 4.83. The molecule has 0 amide bonds. The summed E-state index contributed by atoms with van der Waals surface area (Å²) in [7, 11) is 0. The molecule has 0 aromatic carbocycles. The van der Waals surface area contributed by atoms with Crippen molar-refractivity contribution in [1.29, 1.82) is 0 Å². The van der Waals surface area contributed by atoms with E-state index in [9.17, 15) is 0 Å². The van der Waals surface area contributed by atoms with Gasteiger partial charge in [0.25, 0.3) is 0 Å². The highest BCUT2D eigenvalue weighted by Gasteiger charge is 2.33. The molecule has 5 heteroatoms. The highest BCUT2D eigenvalue weighted by molar-refractivity contribution is 9.10. The molecule has 21 heavy (non-hydrogen) atoms. The van der Waals surface area contributed by atoms with E-state index in [4.69, 9.17) is 5.10 Å². The van der Waals surface area contributed by atoms with Crippen molar-refractivity contribution in [1.82, 2.24) is 20.0 Å². The van der Waals surface area contributed by atoms with Crippen LogP contribution in [0.25, 0.3) is 0 Å². The Labute approximate surface area is 137 Å². The zero-order chi connectivity index (χ0) is 15.6. The molecule has 2 heterocycles. The maximum atomic E-state index is 4.72. The van der Waals surface area contributed by atoms with Crippen molar-refractivity contribution < 1.29 is 0 Å². The van der Waals surface area contributed by atoms with Gasteiger partial charge in [-0.15, -0.1) is 0 Å². The Bertz CT molecular complexity index is 485. The standard InChI is InChI=1S/C16H29BrN4/c1-6-13-15(17)14(21(8-3)19-13)10-20-11-16(5,7-2)18-9-12(20)4/h12,18H,6-11H2,1-5H3. The molecule has 4 nitrogen and oxygen atoms in total. The molecule has 2 unspecified atom stereocenters. The fraction of sp³-hybridized carbons (Fsp3) is 0.812. The first-order chi connectivity index (χ1) is 9.94. The lowest BCUT2D eigenvalue weighted by Gasteiger charge is -2.45. The topological polar surface area (TPSA) is 33.1 Å². The molecule has 1 aromatic heterocycles. The van der Waals surface area contributed by atoms with Crippen molar-refractivity contribution in [2.45, 2.75) is 72.1 Å². The summed E-state index contributed by atoms with van der Waals surface area (Å²) in [6.07, 6.45) is 2.13. The number of hydrogen-bond donors (Lipinski definition) is 1. The molecule has 0 saturated carbocycles. The van der Waals surface area contributed by atoms with Gasteiger partial charge in [-0.3, -0.25) is 9.58 Å². The lowest BCUT2D eigenvalue weighted by Crippen LogP contribution is -2.61. The van der Waals surface area contributed by atoms with Gasteiger partial charge in [-0.05, 0) is 49.5 Å². The molecule has 1 fully saturated rings. The Kier molecular flexibility index (Phi) is 5.49. The molecular formula is C16H29BrN4. The molecule has 1 aliphatic rings. The Balaban J connectivity index is 2.22. The minimum atomic E-state index is 0.226. The van der Waals surface area contributed by atoms with Gasteiger partial charge in [0.2, 0.25) is 0 Å². The number of piperazine rings is 1. The largest absolute Gasteiger partial charge is 0.309 e. The smallest absolute Gasteiger partial charge is 0.0767 e. The monoisotopic (exact) mass is 356 g/mol. The first-order valence-corrected chi connectivity index (χ1v) is 8.96. The zero-order valence-corrected chi connectivity index (χ0v) is 15.6. The van der Waals surface area contributed by atoms with Gasteiger partial charge in [0, 0.05) is 37.8 Å². The molecule has 0 aliphatic carbocycles. The van der Waals surface area contributed by atoms with Gasteiger partial charge in [-0.1, -0.05) is 13.8 Å². The molecule has 1 aliphatic heterocycles. The van der Waals surface area contributed by atoms with Crippen LogP contribution in [-0.2, 0) is 19.5 Å². The molecule has 1 saturated heterocycles. The van der Waals surface area contributed by atoms with Gasteiger partial charge in [0.15, 0.2) is 0 Å². The number of rotatable bonds is 5. The van der Waals surface area contributed by atoms with Crippen LogP contribution in [-0.4, -0.2) is 39.4 Å². The maximum Gasteiger partial charge on any atom is 0.0767 e.